The summed E-state index contributed by atoms with van der Waals surface area (Å²) in [6, 6.07) is 6.67. The normalized spacial score (nSPS) is 12.0. The molecule has 0 amide bonds. The molecular weight excluding hydrogens is 368 g/mol. The van der Waals surface area contributed by atoms with Crippen molar-refractivity contribution in [1.29, 1.82) is 0 Å². The highest BCUT2D eigenvalue weighted by atomic mass is 16.5. The third-order valence-corrected chi connectivity index (χ3v) is 3.81. The molecule has 0 atom stereocenters. The van der Waals surface area contributed by atoms with Gasteiger partial charge in [0, 0.05) is 38.0 Å². The smallest absolute Gasteiger partial charge is 0.308 e. The van der Waals surface area contributed by atoms with Crippen molar-refractivity contribution in [1.82, 2.24) is 0 Å². The molecule has 2 aromatic rings. The van der Waals surface area contributed by atoms with Crippen molar-refractivity contribution < 1.29 is 38.2 Å². The Morgan fingerprint density at radius 2 is 1.25 bits per heavy atom. The summed E-state index contributed by atoms with van der Waals surface area (Å²) in [6.07, 6.45) is 0. The summed E-state index contributed by atoms with van der Waals surface area (Å²) in [5.41, 5.74) is -0.357. The molecule has 0 saturated heterocycles. The van der Waals surface area contributed by atoms with Gasteiger partial charge in [-0.05, 0) is 12.1 Å². The minimum absolute atomic E-state index is 0.0185. The first-order chi connectivity index (χ1) is 13.2. The van der Waals surface area contributed by atoms with E-state index in [1.807, 2.05) is 0 Å². The second-order valence-electron chi connectivity index (χ2n) is 5.96. The molecule has 0 N–H and O–H groups in total. The number of hydrogen-bond donors (Lipinski definition) is 0. The summed E-state index contributed by atoms with van der Waals surface area (Å²) < 4.78 is 15.1. The van der Waals surface area contributed by atoms with Gasteiger partial charge in [-0.15, -0.1) is 0 Å². The molecule has 0 spiro atoms. The standard InChI is InChI=1S/C20H14O8/c1-9(21)26-12-7-14-18(16(8-12)28-11(3)23)20(25)17-13(19(14)24)5-4-6-15(17)27-10(2)22/h4-8H,1-3H3. The highest BCUT2D eigenvalue weighted by molar-refractivity contribution is 6.30. The number of carbonyl (C=O) groups is 5. The van der Waals surface area contributed by atoms with E-state index < -0.39 is 29.5 Å². The van der Waals surface area contributed by atoms with Crippen molar-refractivity contribution in [2.75, 3.05) is 0 Å². The predicted octanol–water partition coefficient (Wildman–Crippen LogP) is 2.24. The number of ether oxygens (including phenoxy) is 3. The minimum atomic E-state index is -0.735. The summed E-state index contributed by atoms with van der Waals surface area (Å²) in [5, 5.41) is 0. The van der Waals surface area contributed by atoms with Crippen LogP contribution < -0.4 is 14.2 Å². The first-order valence-electron chi connectivity index (χ1n) is 8.14. The van der Waals surface area contributed by atoms with Gasteiger partial charge in [-0.25, -0.2) is 0 Å². The minimum Gasteiger partial charge on any atom is -0.427 e. The molecule has 0 aromatic heterocycles. The Morgan fingerprint density at radius 3 is 1.86 bits per heavy atom. The Hall–Kier alpha value is -3.81. The lowest BCUT2D eigenvalue weighted by atomic mass is 9.83. The molecule has 2 aromatic carbocycles. The lowest BCUT2D eigenvalue weighted by molar-refractivity contribution is -0.133. The Balaban J connectivity index is 2.26. The second-order valence-corrected chi connectivity index (χ2v) is 5.96. The van der Waals surface area contributed by atoms with Crippen molar-refractivity contribution in [2.24, 2.45) is 0 Å². The van der Waals surface area contributed by atoms with Crippen LogP contribution in [0.1, 0.15) is 52.6 Å². The Bertz CT molecular complexity index is 1060. The molecule has 0 saturated carbocycles. The Labute approximate surface area is 159 Å². The maximum Gasteiger partial charge on any atom is 0.308 e. The SMILES string of the molecule is CC(=O)Oc1cc(OC(C)=O)c2c(c1)C(=O)c1cccc(OC(C)=O)c1C2=O. The number of ketones is 2. The van der Waals surface area contributed by atoms with Gasteiger partial charge < -0.3 is 14.2 Å². The van der Waals surface area contributed by atoms with Crippen LogP contribution in [0.3, 0.4) is 0 Å². The summed E-state index contributed by atoms with van der Waals surface area (Å²) in [7, 11) is 0. The molecule has 1 aliphatic rings. The van der Waals surface area contributed by atoms with Crippen LogP contribution in [-0.4, -0.2) is 29.5 Å². The number of fused-ring (bicyclic) bond motifs is 2. The molecule has 0 aliphatic heterocycles. The fraction of sp³-hybridized carbons (Fsp3) is 0.150. The third-order valence-electron chi connectivity index (χ3n) is 3.81. The third kappa shape index (κ3) is 3.39. The molecule has 0 radical (unpaired) electrons. The van der Waals surface area contributed by atoms with Crippen LogP contribution in [0.2, 0.25) is 0 Å². The molecule has 0 unspecified atom stereocenters. The highest BCUT2D eigenvalue weighted by Gasteiger charge is 2.36. The van der Waals surface area contributed by atoms with E-state index >= 15 is 0 Å². The number of rotatable bonds is 3. The lowest BCUT2D eigenvalue weighted by Gasteiger charge is -2.22. The lowest BCUT2D eigenvalue weighted by Crippen LogP contribution is -2.24. The fourth-order valence-corrected chi connectivity index (χ4v) is 2.93. The van der Waals surface area contributed by atoms with Crippen LogP contribution in [0.15, 0.2) is 30.3 Å². The highest BCUT2D eigenvalue weighted by Crippen LogP contribution is 2.39. The maximum atomic E-state index is 13.1. The molecule has 0 heterocycles. The largest absolute Gasteiger partial charge is 0.427 e. The van der Waals surface area contributed by atoms with Crippen molar-refractivity contribution in [3.63, 3.8) is 0 Å². The molecule has 1 aliphatic carbocycles. The first-order valence-corrected chi connectivity index (χ1v) is 8.14. The van der Waals surface area contributed by atoms with Gasteiger partial charge in [0.15, 0.2) is 5.78 Å². The predicted molar refractivity (Wildman–Crippen MR) is 93.7 cm³/mol. The molecule has 3 rings (SSSR count). The van der Waals surface area contributed by atoms with Crippen LogP contribution >= 0.6 is 0 Å². The van der Waals surface area contributed by atoms with Gasteiger partial charge in [0.25, 0.3) is 0 Å². The van der Waals surface area contributed by atoms with E-state index in [4.69, 9.17) is 14.2 Å². The topological polar surface area (TPSA) is 113 Å². The van der Waals surface area contributed by atoms with Gasteiger partial charge >= 0.3 is 17.9 Å². The van der Waals surface area contributed by atoms with Crippen LogP contribution in [0.5, 0.6) is 17.2 Å². The van der Waals surface area contributed by atoms with Crippen molar-refractivity contribution in [3.8, 4) is 17.2 Å². The van der Waals surface area contributed by atoms with E-state index in [-0.39, 0.29) is 39.5 Å². The van der Waals surface area contributed by atoms with Crippen LogP contribution in [0.4, 0.5) is 0 Å². The van der Waals surface area contributed by atoms with E-state index in [9.17, 15) is 24.0 Å². The van der Waals surface area contributed by atoms with Crippen molar-refractivity contribution in [2.45, 2.75) is 20.8 Å². The zero-order valence-electron chi connectivity index (χ0n) is 15.2. The van der Waals surface area contributed by atoms with Crippen LogP contribution in [0, 0.1) is 0 Å². The van der Waals surface area contributed by atoms with Gasteiger partial charge in [-0.1, -0.05) is 12.1 Å². The zero-order chi connectivity index (χ0) is 20.6. The summed E-state index contributed by atoms with van der Waals surface area (Å²) >= 11 is 0. The van der Waals surface area contributed by atoms with E-state index in [0.29, 0.717) is 0 Å². The van der Waals surface area contributed by atoms with E-state index in [1.54, 1.807) is 0 Å². The van der Waals surface area contributed by atoms with E-state index in [0.717, 1.165) is 13.8 Å². The van der Waals surface area contributed by atoms with Gasteiger partial charge in [-0.3, -0.25) is 24.0 Å². The van der Waals surface area contributed by atoms with Gasteiger partial charge in [-0.2, -0.15) is 0 Å². The first kappa shape index (κ1) is 19.0. The number of carbonyl (C=O) groups excluding carboxylic acids is 5. The summed E-state index contributed by atoms with van der Waals surface area (Å²) in [5.74, 6) is -3.64. The average molecular weight is 382 g/mol. The second kappa shape index (κ2) is 7.07. The van der Waals surface area contributed by atoms with Gasteiger partial charge in [0.1, 0.15) is 17.2 Å². The molecule has 0 bridgehead atoms. The molecule has 28 heavy (non-hydrogen) atoms. The van der Waals surface area contributed by atoms with Gasteiger partial charge in [0.2, 0.25) is 5.78 Å². The fourth-order valence-electron chi connectivity index (χ4n) is 2.93. The summed E-state index contributed by atoms with van der Waals surface area (Å²) in [4.78, 5) is 60.3. The monoisotopic (exact) mass is 382 g/mol. The molecule has 8 nitrogen and oxygen atoms in total. The Kier molecular flexibility index (Phi) is 4.79. The molecule has 0 fully saturated rings. The maximum absolute atomic E-state index is 13.1. The summed E-state index contributed by atoms with van der Waals surface area (Å²) in [6.45, 7) is 3.45. The van der Waals surface area contributed by atoms with Gasteiger partial charge in [0.05, 0.1) is 11.1 Å². The number of benzene rings is 2. The van der Waals surface area contributed by atoms with E-state index in [1.165, 1.54) is 37.3 Å². The van der Waals surface area contributed by atoms with Crippen molar-refractivity contribution >= 4 is 29.5 Å². The molecule has 8 heteroatoms. The quantitative estimate of drug-likeness (QED) is 0.501. The number of hydrogen-bond acceptors (Lipinski definition) is 8. The van der Waals surface area contributed by atoms with Crippen LogP contribution in [0.25, 0.3) is 0 Å². The Morgan fingerprint density at radius 1 is 0.679 bits per heavy atom. The van der Waals surface area contributed by atoms with E-state index in [2.05, 4.69) is 0 Å². The average Bonchev–Trinajstić information content (AvgIpc) is 2.57. The molecular formula is C20H14O8. The number of esters is 3. The van der Waals surface area contributed by atoms with Crippen molar-refractivity contribution in [3.05, 3.63) is 52.6 Å². The molecule has 142 valence electrons. The zero-order valence-corrected chi connectivity index (χ0v) is 15.2. The van der Waals surface area contributed by atoms with Crippen LogP contribution in [-0.2, 0) is 14.4 Å².